The Morgan fingerprint density at radius 2 is 2.10 bits per heavy atom. The monoisotopic (exact) mass is 290 g/mol. The first-order valence-electron chi connectivity index (χ1n) is 7.26. The lowest BCUT2D eigenvalue weighted by Gasteiger charge is -2.33. The molecular weight excluding hydrogens is 268 g/mol. The number of thioether (sulfide) groups is 1. The van der Waals surface area contributed by atoms with Gasteiger partial charge < -0.3 is 10.5 Å². The lowest BCUT2D eigenvalue weighted by Crippen LogP contribution is -2.47. The molecule has 1 fully saturated rings. The molecule has 0 atom stereocenters. The summed E-state index contributed by atoms with van der Waals surface area (Å²) in [4.78, 5) is 0.988. The Hall–Kier alpha value is -1.18. The maximum atomic E-state index is 9.35. The van der Waals surface area contributed by atoms with Crippen LogP contribution in [0.2, 0.25) is 0 Å². The van der Waals surface area contributed by atoms with Crippen molar-refractivity contribution in [3.63, 3.8) is 0 Å². The van der Waals surface area contributed by atoms with E-state index in [2.05, 4.69) is 13.0 Å². The van der Waals surface area contributed by atoms with Gasteiger partial charge in [0.15, 0.2) is 0 Å². The van der Waals surface area contributed by atoms with Crippen molar-refractivity contribution in [2.45, 2.75) is 49.5 Å². The van der Waals surface area contributed by atoms with Gasteiger partial charge in [-0.25, -0.2) is 0 Å². The van der Waals surface area contributed by atoms with Gasteiger partial charge >= 0.3 is 0 Å². The van der Waals surface area contributed by atoms with Crippen molar-refractivity contribution in [1.82, 2.24) is 0 Å². The third kappa shape index (κ3) is 3.68. The standard InChI is InChI=1S/C16H22N2OS/c1-2-20-15-8-6-7-14(13(15)11-17)19-12-16(18)9-4-3-5-10-16/h6-8H,2-5,9-10,12,18H2,1H3. The first-order chi connectivity index (χ1) is 9.68. The minimum atomic E-state index is -0.223. The maximum absolute atomic E-state index is 9.35. The highest BCUT2D eigenvalue weighted by Crippen LogP contribution is 2.31. The largest absolute Gasteiger partial charge is 0.490 e. The quantitative estimate of drug-likeness (QED) is 0.840. The van der Waals surface area contributed by atoms with Crippen molar-refractivity contribution < 1.29 is 4.74 Å². The van der Waals surface area contributed by atoms with Crippen LogP contribution in [0.4, 0.5) is 0 Å². The van der Waals surface area contributed by atoms with Gasteiger partial charge in [-0.3, -0.25) is 0 Å². The highest BCUT2D eigenvalue weighted by molar-refractivity contribution is 7.99. The number of ether oxygens (including phenoxy) is 1. The average molecular weight is 290 g/mol. The van der Waals surface area contributed by atoms with Gasteiger partial charge in [-0.05, 0) is 30.7 Å². The molecule has 0 amide bonds. The molecule has 0 radical (unpaired) electrons. The van der Waals surface area contributed by atoms with E-state index in [1.807, 2.05) is 18.2 Å². The summed E-state index contributed by atoms with van der Waals surface area (Å²) in [5, 5.41) is 9.35. The van der Waals surface area contributed by atoms with Gasteiger partial charge in [0.1, 0.15) is 24.0 Å². The highest BCUT2D eigenvalue weighted by atomic mass is 32.2. The lowest BCUT2D eigenvalue weighted by atomic mass is 9.83. The van der Waals surface area contributed by atoms with Crippen molar-refractivity contribution in [1.29, 1.82) is 5.26 Å². The second-order valence-corrected chi connectivity index (χ2v) is 6.69. The second kappa shape index (κ2) is 7.01. The Kier molecular flexibility index (Phi) is 5.33. The normalized spacial score (nSPS) is 17.4. The fourth-order valence-corrected chi connectivity index (χ4v) is 3.42. The Morgan fingerprint density at radius 3 is 2.75 bits per heavy atom. The number of nitrogens with two attached hydrogens (primary N) is 1. The van der Waals surface area contributed by atoms with E-state index in [-0.39, 0.29) is 5.54 Å². The van der Waals surface area contributed by atoms with Gasteiger partial charge in [0.25, 0.3) is 0 Å². The number of nitriles is 1. The molecule has 0 bridgehead atoms. The summed E-state index contributed by atoms with van der Waals surface area (Å²) in [7, 11) is 0. The van der Waals surface area contributed by atoms with Crippen LogP contribution in [0.15, 0.2) is 23.1 Å². The van der Waals surface area contributed by atoms with Gasteiger partial charge in [-0.1, -0.05) is 32.3 Å². The molecule has 3 nitrogen and oxygen atoms in total. The van der Waals surface area contributed by atoms with E-state index >= 15 is 0 Å². The van der Waals surface area contributed by atoms with Crippen LogP contribution in [0.25, 0.3) is 0 Å². The fourth-order valence-electron chi connectivity index (χ4n) is 2.64. The Labute approximate surface area is 125 Å². The van der Waals surface area contributed by atoms with E-state index in [9.17, 15) is 5.26 Å². The van der Waals surface area contributed by atoms with Gasteiger partial charge in [0, 0.05) is 4.90 Å². The summed E-state index contributed by atoms with van der Waals surface area (Å²) in [6.07, 6.45) is 5.65. The van der Waals surface area contributed by atoms with Gasteiger partial charge in [-0.2, -0.15) is 5.26 Å². The molecule has 0 spiro atoms. The van der Waals surface area contributed by atoms with E-state index < -0.39 is 0 Å². The minimum Gasteiger partial charge on any atom is -0.490 e. The lowest BCUT2D eigenvalue weighted by molar-refractivity contribution is 0.173. The summed E-state index contributed by atoms with van der Waals surface area (Å²) >= 11 is 1.67. The molecule has 1 aliphatic rings. The SMILES string of the molecule is CCSc1cccc(OCC2(N)CCCCC2)c1C#N. The molecule has 0 saturated heterocycles. The predicted molar refractivity (Wildman–Crippen MR) is 83.1 cm³/mol. The van der Waals surface area contributed by atoms with E-state index in [1.54, 1.807) is 11.8 Å². The predicted octanol–water partition coefficient (Wildman–Crippen LogP) is 3.71. The summed E-state index contributed by atoms with van der Waals surface area (Å²) in [6.45, 7) is 2.58. The van der Waals surface area contributed by atoms with Crippen molar-refractivity contribution >= 4 is 11.8 Å². The van der Waals surface area contributed by atoms with E-state index in [4.69, 9.17) is 10.5 Å². The number of rotatable bonds is 5. The molecule has 0 aromatic heterocycles. The Morgan fingerprint density at radius 1 is 1.35 bits per heavy atom. The van der Waals surface area contributed by atoms with Gasteiger partial charge in [0.2, 0.25) is 0 Å². The van der Waals surface area contributed by atoms with E-state index in [0.717, 1.165) is 23.5 Å². The number of benzene rings is 1. The Bertz CT molecular complexity index is 490. The third-order valence-corrected chi connectivity index (χ3v) is 4.70. The first-order valence-corrected chi connectivity index (χ1v) is 8.25. The molecule has 0 heterocycles. The zero-order valence-corrected chi connectivity index (χ0v) is 12.8. The topological polar surface area (TPSA) is 59.0 Å². The van der Waals surface area contributed by atoms with Crippen LogP contribution in [-0.2, 0) is 0 Å². The fraction of sp³-hybridized carbons (Fsp3) is 0.562. The van der Waals surface area contributed by atoms with Crippen LogP contribution in [-0.4, -0.2) is 17.9 Å². The van der Waals surface area contributed by atoms with Gasteiger partial charge in [0.05, 0.1) is 5.54 Å². The molecule has 1 aliphatic carbocycles. The first kappa shape index (κ1) is 15.2. The van der Waals surface area contributed by atoms with E-state index in [0.29, 0.717) is 17.9 Å². The van der Waals surface area contributed by atoms with Gasteiger partial charge in [-0.15, -0.1) is 11.8 Å². The van der Waals surface area contributed by atoms with Crippen LogP contribution < -0.4 is 10.5 Å². The molecule has 2 N–H and O–H groups in total. The molecule has 108 valence electrons. The van der Waals surface area contributed by atoms with Crippen LogP contribution in [0.3, 0.4) is 0 Å². The molecule has 0 aliphatic heterocycles. The number of hydrogen-bond donors (Lipinski definition) is 1. The molecule has 1 saturated carbocycles. The molecule has 0 unspecified atom stereocenters. The Balaban J connectivity index is 2.09. The van der Waals surface area contributed by atoms with Crippen molar-refractivity contribution in [3.8, 4) is 11.8 Å². The summed E-state index contributed by atoms with van der Waals surface area (Å²) in [6, 6.07) is 8.04. The highest BCUT2D eigenvalue weighted by Gasteiger charge is 2.28. The summed E-state index contributed by atoms with van der Waals surface area (Å²) in [5.41, 5.74) is 6.80. The van der Waals surface area contributed by atoms with Crippen molar-refractivity contribution in [2.75, 3.05) is 12.4 Å². The molecular formula is C16H22N2OS. The smallest absolute Gasteiger partial charge is 0.138 e. The number of hydrogen-bond acceptors (Lipinski definition) is 4. The molecule has 1 aromatic carbocycles. The molecule has 20 heavy (non-hydrogen) atoms. The maximum Gasteiger partial charge on any atom is 0.138 e. The average Bonchev–Trinajstić information content (AvgIpc) is 2.46. The molecule has 1 aromatic rings. The third-order valence-electron chi connectivity index (χ3n) is 3.76. The molecule has 2 rings (SSSR count). The van der Waals surface area contributed by atoms with E-state index in [1.165, 1.54) is 19.3 Å². The molecule has 4 heteroatoms. The zero-order valence-electron chi connectivity index (χ0n) is 12.0. The zero-order chi connectivity index (χ0) is 14.4. The van der Waals surface area contributed by atoms with Crippen LogP contribution >= 0.6 is 11.8 Å². The van der Waals surface area contributed by atoms with Crippen molar-refractivity contribution in [2.24, 2.45) is 5.73 Å². The van der Waals surface area contributed by atoms with Crippen molar-refractivity contribution in [3.05, 3.63) is 23.8 Å². The minimum absolute atomic E-state index is 0.223. The van der Waals surface area contributed by atoms with Crippen LogP contribution in [0, 0.1) is 11.3 Å². The summed E-state index contributed by atoms with van der Waals surface area (Å²) in [5.74, 6) is 1.61. The summed E-state index contributed by atoms with van der Waals surface area (Å²) < 4.78 is 5.90. The van der Waals surface area contributed by atoms with Crippen LogP contribution in [0.1, 0.15) is 44.6 Å². The van der Waals surface area contributed by atoms with Crippen LogP contribution in [0.5, 0.6) is 5.75 Å². The second-order valence-electron chi connectivity index (χ2n) is 5.39. The number of nitrogens with zero attached hydrogens (tertiary/aromatic N) is 1.